The second-order valence-electron chi connectivity index (χ2n) is 9.45. The fourth-order valence-electron chi connectivity index (χ4n) is 3.16. The zero-order valence-electron chi connectivity index (χ0n) is 19.6. The standard InChI is InChI=1S/C23H35NO5S2/c1-21(2,3)28-19(25)18(24-20(26)29-22(4,5)6)12-13-23(30-14-15-31-23)16-8-10-17(27-7)11-9-16/h8-11,18H,12-15H2,1-7H3,(H,24,26)/t18-/m0/s1. The summed E-state index contributed by atoms with van der Waals surface area (Å²) in [6, 6.07) is 7.29. The molecule has 2 rings (SSSR count). The van der Waals surface area contributed by atoms with E-state index < -0.39 is 29.3 Å². The maximum atomic E-state index is 12.9. The molecule has 1 aliphatic rings. The van der Waals surface area contributed by atoms with E-state index in [4.69, 9.17) is 14.2 Å². The SMILES string of the molecule is COc1ccc(C2(CC[C@H](NC(=O)OC(C)(C)C)C(=O)OC(C)(C)C)SCCS2)cc1. The number of amides is 1. The summed E-state index contributed by atoms with van der Waals surface area (Å²) in [4.78, 5) is 25.3. The number of nitrogens with one attached hydrogen (secondary N) is 1. The lowest BCUT2D eigenvalue weighted by atomic mass is 10.0. The molecule has 174 valence electrons. The fraction of sp³-hybridized carbons (Fsp3) is 0.652. The molecule has 1 fully saturated rings. The lowest BCUT2D eigenvalue weighted by molar-refractivity contribution is -0.157. The topological polar surface area (TPSA) is 73.9 Å². The molecule has 8 heteroatoms. The Bertz CT molecular complexity index is 747. The molecule has 0 aliphatic carbocycles. The van der Waals surface area contributed by atoms with Gasteiger partial charge in [-0.15, -0.1) is 23.5 Å². The Morgan fingerprint density at radius 3 is 2.03 bits per heavy atom. The van der Waals surface area contributed by atoms with Gasteiger partial charge in [0.15, 0.2) is 0 Å². The lowest BCUT2D eigenvalue weighted by Gasteiger charge is -2.31. The van der Waals surface area contributed by atoms with Crippen LogP contribution in [0.3, 0.4) is 0 Å². The number of benzene rings is 1. The van der Waals surface area contributed by atoms with Crippen molar-refractivity contribution < 1.29 is 23.8 Å². The highest BCUT2D eigenvalue weighted by molar-refractivity contribution is 8.20. The molecule has 1 atom stereocenters. The molecular weight excluding hydrogens is 434 g/mol. The highest BCUT2D eigenvalue weighted by atomic mass is 32.2. The minimum absolute atomic E-state index is 0.178. The molecule has 31 heavy (non-hydrogen) atoms. The average Bonchev–Trinajstić information content (AvgIpc) is 3.12. The first-order valence-electron chi connectivity index (χ1n) is 10.5. The van der Waals surface area contributed by atoms with Crippen LogP contribution in [0.5, 0.6) is 5.75 Å². The lowest BCUT2D eigenvalue weighted by Crippen LogP contribution is -2.46. The number of thioether (sulfide) groups is 2. The fourth-order valence-corrected chi connectivity index (χ4v) is 6.45. The second kappa shape index (κ2) is 10.4. The van der Waals surface area contributed by atoms with Crippen molar-refractivity contribution >= 4 is 35.6 Å². The highest BCUT2D eigenvalue weighted by Gasteiger charge is 2.39. The van der Waals surface area contributed by atoms with Crippen LogP contribution in [0, 0.1) is 0 Å². The number of hydrogen-bond donors (Lipinski definition) is 1. The normalized spacial score (nSPS) is 17.0. The molecule has 0 unspecified atom stereocenters. The van der Waals surface area contributed by atoms with Gasteiger partial charge in [-0.25, -0.2) is 9.59 Å². The number of rotatable bonds is 7. The minimum atomic E-state index is -0.786. The van der Waals surface area contributed by atoms with E-state index in [0.29, 0.717) is 12.8 Å². The molecule has 0 spiro atoms. The van der Waals surface area contributed by atoms with Crippen molar-refractivity contribution in [3.8, 4) is 5.75 Å². The van der Waals surface area contributed by atoms with Crippen LogP contribution >= 0.6 is 23.5 Å². The second-order valence-corrected chi connectivity index (χ2v) is 12.5. The third-order valence-corrected chi connectivity index (χ3v) is 8.02. The molecule has 0 saturated carbocycles. The molecule has 1 aromatic rings. The van der Waals surface area contributed by atoms with Gasteiger partial charge in [0.1, 0.15) is 23.0 Å². The van der Waals surface area contributed by atoms with Crippen LogP contribution in [0.15, 0.2) is 24.3 Å². The van der Waals surface area contributed by atoms with Gasteiger partial charge in [0.25, 0.3) is 0 Å². The summed E-state index contributed by atoms with van der Waals surface area (Å²) in [6.45, 7) is 10.8. The third-order valence-electron chi connectivity index (χ3n) is 4.43. The Morgan fingerprint density at radius 1 is 1.00 bits per heavy atom. The zero-order chi connectivity index (χ0) is 23.3. The van der Waals surface area contributed by atoms with E-state index in [2.05, 4.69) is 17.4 Å². The number of esters is 1. The van der Waals surface area contributed by atoms with Gasteiger partial charge < -0.3 is 19.5 Å². The van der Waals surface area contributed by atoms with E-state index in [1.54, 1.807) is 27.9 Å². The van der Waals surface area contributed by atoms with E-state index in [1.165, 1.54) is 5.56 Å². The van der Waals surface area contributed by atoms with Gasteiger partial charge in [-0.3, -0.25) is 0 Å². The molecule has 1 N–H and O–H groups in total. The Labute approximate surface area is 194 Å². The van der Waals surface area contributed by atoms with Crippen LogP contribution in [0.25, 0.3) is 0 Å². The Morgan fingerprint density at radius 2 is 1.55 bits per heavy atom. The maximum Gasteiger partial charge on any atom is 0.408 e. The molecule has 1 amide bonds. The predicted octanol–water partition coefficient (Wildman–Crippen LogP) is 5.34. The van der Waals surface area contributed by atoms with Crippen molar-refractivity contribution in [2.24, 2.45) is 0 Å². The van der Waals surface area contributed by atoms with Crippen molar-refractivity contribution in [3.63, 3.8) is 0 Å². The summed E-state index contributed by atoms with van der Waals surface area (Å²) < 4.78 is 16.1. The predicted molar refractivity (Wildman–Crippen MR) is 128 cm³/mol. The Balaban J connectivity index is 2.18. The summed E-state index contributed by atoms with van der Waals surface area (Å²) in [5, 5.41) is 2.73. The van der Waals surface area contributed by atoms with E-state index in [-0.39, 0.29) is 4.08 Å². The average molecular weight is 470 g/mol. The number of ether oxygens (including phenoxy) is 3. The summed E-state index contributed by atoms with van der Waals surface area (Å²) in [5.74, 6) is 2.43. The molecule has 0 bridgehead atoms. The Hall–Kier alpha value is -1.54. The van der Waals surface area contributed by atoms with Crippen LogP contribution in [-0.2, 0) is 18.3 Å². The van der Waals surface area contributed by atoms with Crippen LogP contribution in [0.1, 0.15) is 59.9 Å². The van der Waals surface area contributed by atoms with Crippen molar-refractivity contribution in [3.05, 3.63) is 29.8 Å². The molecule has 1 aliphatic heterocycles. The quantitative estimate of drug-likeness (QED) is 0.540. The Kier molecular flexibility index (Phi) is 8.62. The smallest absolute Gasteiger partial charge is 0.408 e. The first kappa shape index (κ1) is 25.7. The van der Waals surface area contributed by atoms with Gasteiger partial charge in [0.05, 0.1) is 11.2 Å². The van der Waals surface area contributed by atoms with Crippen molar-refractivity contribution in [2.75, 3.05) is 18.6 Å². The van der Waals surface area contributed by atoms with E-state index in [9.17, 15) is 9.59 Å². The molecule has 0 aromatic heterocycles. The molecule has 1 aromatic carbocycles. The third kappa shape index (κ3) is 8.15. The summed E-state index contributed by atoms with van der Waals surface area (Å²) in [5.41, 5.74) is -0.111. The van der Waals surface area contributed by atoms with Gasteiger partial charge in [0, 0.05) is 11.5 Å². The number of alkyl carbamates (subject to hydrolysis) is 1. The number of carbonyl (C=O) groups excluding carboxylic acids is 2. The minimum Gasteiger partial charge on any atom is -0.497 e. The van der Waals surface area contributed by atoms with E-state index in [0.717, 1.165) is 17.3 Å². The molecular formula is C23H35NO5S2. The van der Waals surface area contributed by atoms with Crippen molar-refractivity contribution in [1.29, 1.82) is 0 Å². The largest absolute Gasteiger partial charge is 0.497 e. The van der Waals surface area contributed by atoms with Crippen molar-refractivity contribution in [1.82, 2.24) is 5.32 Å². The first-order valence-corrected chi connectivity index (χ1v) is 12.5. The summed E-state index contributed by atoms with van der Waals surface area (Å²) in [7, 11) is 1.65. The number of carbonyl (C=O) groups is 2. The van der Waals surface area contributed by atoms with Gasteiger partial charge >= 0.3 is 12.1 Å². The molecule has 1 heterocycles. The van der Waals surface area contributed by atoms with Crippen molar-refractivity contribution in [2.45, 2.75) is 75.7 Å². The highest BCUT2D eigenvalue weighted by Crippen LogP contribution is 2.55. The van der Waals surface area contributed by atoms with E-state index >= 15 is 0 Å². The summed E-state index contributed by atoms with van der Waals surface area (Å²) >= 11 is 3.76. The van der Waals surface area contributed by atoms with Gasteiger partial charge in [-0.1, -0.05) is 12.1 Å². The summed E-state index contributed by atoms with van der Waals surface area (Å²) in [6.07, 6.45) is 0.530. The van der Waals surface area contributed by atoms with Crippen LogP contribution in [0.2, 0.25) is 0 Å². The molecule has 0 radical (unpaired) electrons. The zero-order valence-corrected chi connectivity index (χ0v) is 21.2. The van der Waals surface area contributed by atoms with Gasteiger partial charge in [-0.05, 0) is 72.1 Å². The molecule has 1 saturated heterocycles. The van der Waals surface area contributed by atoms with Gasteiger partial charge in [-0.2, -0.15) is 0 Å². The van der Waals surface area contributed by atoms with Gasteiger partial charge in [0.2, 0.25) is 0 Å². The number of methoxy groups -OCH3 is 1. The van der Waals surface area contributed by atoms with Crippen LogP contribution in [0.4, 0.5) is 4.79 Å². The molecule has 6 nitrogen and oxygen atoms in total. The first-order chi connectivity index (χ1) is 14.3. The number of hydrogen-bond acceptors (Lipinski definition) is 7. The van der Waals surface area contributed by atoms with Crippen LogP contribution in [-0.4, -0.2) is 47.9 Å². The van der Waals surface area contributed by atoms with E-state index in [1.807, 2.05) is 56.4 Å². The van der Waals surface area contributed by atoms with Crippen LogP contribution < -0.4 is 10.1 Å². The monoisotopic (exact) mass is 469 g/mol. The maximum absolute atomic E-state index is 12.9.